The fourth-order valence-corrected chi connectivity index (χ4v) is 2.70. The molecule has 0 bridgehead atoms. The van der Waals surface area contributed by atoms with Crippen LogP contribution in [0.5, 0.6) is 0 Å². The molecule has 0 radical (unpaired) electrons. The van der Waals surface area contributed by atoms with E-state index in [0.717, 1.165) is 16.5 Å². The summed E-state index contributed by atoms with van der Waals surface area (Å²) in [5.74, 6) is 0. The maximum absolute atomic E-state index is 11.6. The second-order valence-corrected chi connectivity index (χ2v) is 6.48. The van der Waals surface area contributed by atoms with E-state index < -0.39 is 11.6 Å². The van der Waals surface area contributed by atoms with Gasteiger partial charge in [0.2, 0.25) is 0 Å². The van der Waals surface area contributed by atoms with E-state index in [4.69, 9.17) is 11.6 Å². The Morgan fingerprint density at radius 3 is 2.73 bits per heavy atom. The fourth-order valence-electron chi connectivity index (χ4n) is 2.42. The van der Waals surface area contributed by atoms with Crippen LogP contribution in [0.1, 0.15) is 31.9 Å². The van der Waals surface area contributed by atoms with Crippen LogP contribution in [0.3, 0.4) is 0 Å². The molecule has 5 heteroatoms. The summed E-state index contributed by atoms with van der Waals surface area (Å²) >= 11 is 6.31. The Morgan fingerprint density at radius 1 is 1.50 bits per heavy atom. The number of hydrogen-bond donors (Lipinski definition) is 1. The Morgan fingerprint density at radius 2 is 2.18 bits per heavy atom. The number of nitrogens with zero attached hydrogens (tertiary/aromatic N) is 2. The van der Waals surface area contributed by atoms with Gasteiger partial charge in [-0.1, -0.05) is 30.3 Å². The molecule has 1 amide bonds. The van der Waals surface area contributed by atoms with E-state index in [-0.39, 0.29) is 6.54 Å². The Balaban J connectivity index is 2.60. The van der Waals surface area contributed by atoms with Crippen LogP contribution in [-0.4, -0.2) is 26.6 Å². The molecule has 4 nitrogen and oxygen atoms in total. The summed E-state index contributed by atoms with van der Waals surface area (Å²) in [5, 5.41) is 10.9. The van der Waals surface area contributed by atoms with Crippen LogP contribution in [0, 0.1) is 0 Å². The summed E-state index contributed by atoms with van der Waals surface area (Å²) in [5.41, 5.74) is 1.86. The summed E-state index contributed by atoms with van der Waals surface area (Å²) < 4.78 is 0. The number of rotatable bonds is 3. The van der Waals surface area contributed by atoms with Crippen LogP contribution in [0.4, 0.5) is 4.79 Å². The van der Waals surface area contributed by atoms with Crippen molar-refractivity contribution in [2.24, 2.45) is 0 Å². The molecule has 0 saturated carbocycles. The smallest absolute Gasteiger partial charge is 0.408 e. The molecule has 0 aliphatic heterocycles. The van der Waals surface area contributed by atoms with Crippen molar-refractivity contribution in [2.75, 3.05) is 0 Å². The molecular formula is C17H19ClN2O2. The zero-order valence-electron chi connectivity index (χ0n) is 12.9. The molecule has 1 heterocycles. The summed E-state index contributed by atoms with van der Waals surface area (Å²) in [6.45, 7) is 9.67. The van der Waals surface area contributed by atoms with E-state index in [2.05, 4.69) is 11.6 Å². The fraction of sp³-hybridized carbons (Fsp3) is 0.294. The van der Waals surface area contributed by atoms with Crippen molar-refractivity contribution in [1.82, 2.24) is 9.88 Å². The summed E-state index contributed by atoms with van der Waals surface area (Å²) in [7, 11) is 0. The van der Waals surface area contributed by atoms with Gasteiger partial charge < -0.3 is 5.11 Å². The second-order valence-electron chi connectivity index (χ2n) is 6.07. The van der Waals surface area contributed by atoms with E-state index in [1.165, 1.54) is 4.90 Å². The van der Waals surface area contributed by atoms with Crippen LogP contribution in [0.25, 0.3) is 17.0 Å². The normalized spacial score (nSPS) is 11.5. The molecule has 1 N–H and O–H groups in total. The number of carbonyl (C=O) groups is 1. The maximum atomic E-state index is 11.6. The summed E-state index contributed by atoms with van der Waals surface area (Å²) in [6, 6.07) is 5.51. The largest absolute Gasteiger partial charge is 0.465 e. The quantitative estimate of drug-likeness (QED) is 0.883. The predicted octanol–water partition coefficient (Wildman–Crippen LogP) is 4.81. The monoisotopic (exact) mass is 318 g/mol. The van der Waals surface area contributed by atoms with Gasteiger partial charge in [0.05, 0.1) is 17.1 Å². The SMILES string of the molecule is C=Cc1c(CN(C(=O)O)C(C)(C)C)cc(Cl)c2ncccc12. The number of amides is 1. The zero-order chi connectivity index (χ0) is 16.5. The molecule has 1 aromatic heterocycles. The molecular weight excluding hydrogens is 300 g/mol. The molecule has 0 spiro atoms. The van der Waals surface area contributed by atoms with E-state index in [1.54, 1.807) is 18.3 Å². The zero-order valence-corrected chi connectivity index (χ0v) is 13.7. The van der Waals surface area contributed by atoms with Gasteiger partial charge in [0.1, 0.15) is 0 Å². The first-order valence-corrected chi connectivity index (χ1v) is 7.32. The topological polar surface area (TPSA) is 53.4 Å². The molecule has 116 valence electrons. The van der Waals surface area contributed by atoms with E-state index in [9.17, 15) is 9.90 Å². The van der Waals surface area contributed by atoms with Crippen molar-refractivity contribution in [3.05, 3.63) is 47.1 Å². The molecule has 1 aromatic carbocycles. The number of pyridine rings is 1. The van der Waals surface area contributed by atoms with Crippen LogP contribution < -0.4 is 0 Å². The summed E-state index contributed by atoms with van der Waals surface area (Å²) in [6.07, 6.45) is 2.43. The first-order valence-electron chi connectivity index (χ1n) is 6.95. The van der Waals surface area contributed by atoms with Crippen molar-refractivity contribution >= 4 is 34.7 Å². The average molecular weight is 319 g/mol. The number of halogens is 1. The molecule has 22 heavy (non-hydrogen) atoms. The van der Waals surface area contributed by atoms with Gasteiger partial charge in [0.15, 0.2) is 0 Å². The Labute approximate surface area is 135 Å². The van der Waals surface area contributed by atoms with Crippen molar-refractivity contribution in [3.63, 3.8) is 0 Å². The van der Waals surface area contributed by atoms with Gasteiger partial charge in [-0.3, -0.25) is 9.88 Å². The standard InChI is InChI=1S/C17H19ClN2O2/c1-5-12-11(10-20(16(21)22)17(2,3)4)9-14(18)15-13(12)7-6-8-19-15/h5-9H,1,10H2,2-4H3,(H,21,22). The first-order chi connectivity index (χ1) is 10.3. The lowest BCUT2D eigenvalue weighted by Crippen LogP contribution is -2.44. The van der Waals surface area contributed by atoms with E-state index in [1.807, 2.05) is 32.9 Å². The number of carboxylic acid groups (broad SMARTS) is 1. The molecule has 0 fully saturated rings. The van der Waals surface area contributed by atoms with Crippen LogP contribution in [0.15, 0.2) is 31.0 Å². The minimum atomic E-state index is -0.968. The first kappa shape index (κ1) is 16.3. The van der Waals surface area contributed by atoms with Crippen LogP contribution in [0.2, 0.25) is 5.02 Å². The highest BCUT2D eigenvalue weighted by Gasteiger charge is 2.27. The van der Waals surface area contributed by atoms with Crippen molar-refractivity contribution < 1.29 is 9.90 Å². The second kappa shape index (κ2) is 5.97. The number of hydrogen-bond acceptors (Lipinski definition) is 2. The van der Waals surface area contributed by atoms with Gasteiger partial charge in [-0.05, 0) is 44.0 Å². The molecule has 2 rings (SSSR count). The van der Waals surface area contributed by atoms with Gasteiger partial charge in [-0.25, -0.2) is 4.79 Å². The highest BCUT2D eigenvalue weighted by atomic mass is 35.5. The third-order valence-corrected chi connectivity index (χ3v) is 3.83. The highest BCUT2D eigenvalue weighted by molar-refractivity contribution is 6.35. The van der Waals surface area contributed by atoms with Crippen molar-refractivity contribution in [1.29, 1.82) is 0 Å². The lowest BCUT2D eigenvalue weighted by atomic mass is 9.99. The lowest BCUT2D eigenvalue weighted by molar-refractivity contribution is 0.0955. The number of fused-ring (bicyclic) bond motifs is 1. The van der Waals surface area contributed by atoms with Crippen LogP contribution >= 0.6 is 11.6 Å². The van der Waals surface area contributed by atoms with Gasteiger partial charge in [0.25, 0.3) is 0 Å². The molecule has 0 unspecified atom stereocenters. The predicted molar refractivity (Wildman–Crippen MR) is 90.2 cm³/mol. The third kappa shape index (κ3) is 3.07. The molecule has 0 atom stereocenters. The Bertz CT molecular complexity index is 735. The molecule has 0 saturated heterocycles. The average Bonchev–Trinajstić information content (AvgIpc) is 2.43. The molecule has 2 aromatic rings. The maximum Gasteiger partial charge on any atom is 0.408 e. The van der Waals surface area contributed by atoms with Gasteiger partial charge in [0, 0.05) is 17.1 Å². The molecule has 0 aliphatic carbocycles. The Kier molecular flexibility index (Phi) is 4.42. The third-order valence-electron chi connectivity index (χ3n) is 3.54. The summed E-state index contributed by atoms with van der Waals surface area (Å²) in [4.78, 5) is 17.2. The molecule has 0 aliphatic rings. The minimum absolute atomic E-state index is 0.241. The number of benzene rings is 1. The van der Waals surface area contributed by atoms with Gasteiger partial charge in [-0.2, -0.15) is 0 Å². The minimum Gasteiger partial charge on any atom is -0.465 e. The van der Waals surface area contributed by atoms with Gasteiger partial charge in [-0.15, -0.1) is 0 Å². The number of aromatic nitrogens is 1. The Hall–Kier alpha value is -2.07. The van der Waals surface area contributed by atoms with Crippen molar-refractivity contribution in [3.8, 4) is 0 Å². The van der Waals surface area contributed by atoms with Gasteiger partial charge >= 0.3 is 6.09 Å². The highest BCUT2D eigenvalue weighted by Crippen LogP contribution is 2.31. The van der Waals surface area contributed by atoms with Crippen LogP contribution in [-0.2, 0) is 6.54 Å². The van der Waals surface area contributed by atoms with Crippen molar-refractivity contribution in [2.45, 2.75) is 32.9 Å². The lowest BCUT2D eigenvalue weighted by Gasteiger charge is -2.33. The van der Waals surface area contributed by atoms with E-state index in [0.29, 0.717) is 10.5 Å². The van der Waals surface area contributed by atoms with E-state index >= 15 is 0 Å².